The Morgan fingerprint density at radius 3 is 1.65 bits per heavy atom. The first-order valence-corrected chi connectivity index (χ1v) is 6.23. The third-order valence-corrected chi connectivity index (χ3v) is 2.45. The zero-order valence-electron chi connectivity index (χ0n) is 12.0. The Balaban J connectivity index is 4.34. The second-order valence-electron chi connectivity index (χ2n) is 4.60. The monoisotopic (exact) mass is 285 g/mol. The van der Waals surface area contributed by atoms with Crippen LogP contribution in [0.2, 0.25) is 0 Å². The van der Waals surface area contributed by atoms with E-state index in [0.29, 0.717) is 0 Å². The van der Waals surface area contributed by atoms with Crippen molar-refractivity contribution in [2.45, 2.75) is 51.9 Å². The maximum absolute atomic E-state index is 11.7. The zero-order valence-corrected chi connectivity index (χ0v) is 12.0. The summed E-state index contributed by atoms with van der Waals surface area (Å²) in [7, 11) is 0. The van der Waals surface area contributed by atoms with Gasteiger partial charge in [-0.2, -0.15) is 0 Å². The Bertz CT molecular complexity index is 384. The quantitative estimate of drug-likeness (QED) is 0.428. The Kier molecular flexibility index (Phi) is 7.45. The predicted octanol–water partition coefficient (Wildman–Crippen LogP) is -2.04. The maximum Gasteiger partial charge on any atom is 0.242 e. The fourth-order valence-electron chi connectivity index (χ4n) is 1.18. The molecule has 0 aliphatic heterocycles. The van der Waals surface area contributed by atoms with Gasteiger partial charge in [-0.05, 0) is 27.7 Å². The molecule has 4 atom stereocenters. The Labute approximate surface area is 117 Å². The van der Waals surface area contributed by atoms with Crippen LogP contribution >= 0.6 is 0 Å². The second kappa shape index (κ2) is 8.26. The SMILES string of the molecule is CC([C]=O)NC(=O)C(C)NC(=O)C(C)NC(=O)C(C)N. The molecule has 113 valence electrons. The molecule has 1 radical (unpaired) electrons. The summed E-state index contributed by atoms with van der Waals surface area (Å²) in [5, 5.41) is 7.17. The van der Waals surface area contributed by atoms with E-state index in [0.717, 1.165) is 0 Å². The first-order chi connectivity index (χ1) is 9.18. The van der Waals surface area contributed by atoms with Crippen LogP contribution in [0.5, 0.6) is 0 Å². The van der Waals surface area contributed by atoms with Gasteiger partial charge in [0.15, 0.2) is 0 Å². The van der Waals surface area contributed by atoms with E-state index in [1.807, 2.05) is 0 Å². The molecular formula is C12H21N4O4. The molecule has 0 aromatic rings. The number of nitrogens with one attached hydrogen (secondary N) is 3. The van der Waals surface area contributed by atoms with E-state index in [2.05, 4.69) is 16.0 Å². The molecule has 0 aliphatic rings. The van der Waals surface area contributed by atoms with E-state index < -0.39 is 41.9 Å². The average Bonchev–Trinajstić information content (AvgIpc) is 2.37. The van der Waals surface area contributed by atoms with Gasteiger partial charge in [-0.1, -0.05) is 0 Å². The van der Waals surface area contributed by atoms with Gasteiger partial charge in [0, 0.05) is 0 Å². The number of carbonyl (C=O) groups is 3. The molecule has 0 fully saturated rings. The van der Waals surface area contributed by atoms with Gasteiger partial charge in [0.25, 0.3) is 0 Å². The van der Waals surface area contributed by atoms with E-state index in [1.165, 1.54) is 27.7 Å². The molecule has 20 heavy (non-hydrogen) atoms. The van der Waals surface area contributed by atoms with Gasteiger partial charge in [-0.15, -0.1) is 0 Å². The van der Waals surface area contributed by atoms with Crippen molar-refractivity contribution in [3.63, 3.8) is 0 Å². The van der Waals surface area contributed by atoms with Gasteiger partial charge in [0.05, 0.1) is 12.1 Å². The molecule has 0 aromatic heterocycles. The van der Waals surface area contributed by atoms with E-state index in [9.17, 15) is 19.2 Å². The number of hydrogen-bond acceptors (Lipinski definition) is 5. The lowest BCUT2D eigenvalue weighted by atomic mass is 10.2. The normalized spacial score (nSPS) is 16.2. The number of rotatable bonds is 7. The molecule has 0 saturated heterocycles. The first-order valence-electron chi connectivity index (χ1n) is 6.23. The molecule has 0 rings (SSSR count). The molecule has 0 aliphatic carbocycles. The summed E-state index contributed by atoms with van der Waals surface area (Å²) in [6, 6.07) is -3.14. The smallest absolute Gasteiger partial charge is 0.242 e. The molecule has 0 bridgehead atoms. The highest BCUT2D eigenvalue weighted by atomic mass is 16.2. The van der Waals surface area contributed by atoms with Crippen LogP contribution in [-0.2, 0) is 19.2 Å². The third-order valence-electron chi connectivity index (χ3n) is 2.45. The first kappa shape index (κ1) is 18.0. The van der Waals surface area contributed by atoms with Crippen molar-refractivity contribution in [3.8, 4) is 0 Å². The minimum atomic E-state index is -0.840. The number of nitrogens with two attached hydrogens (primary N) is 1. The second-order valence-corrected chi connectivity index (χ2v) is 4.60. The summed E-state index contributed by atoms with van der Waals surface area (Å²) in [5.74, 6) is -1.50. The van der Waals surface area contributed by atoms with Crippen molar-refractivity contribution >= 4 is 24.0 Å². The van der Waals surface area contributed by atoms with Gasteiger partial charge in [-0.3, -0.25) is 19.2 Å². The fourth-order valence-corrected chi connectivity index (χ4v) is 1.18. The van der Waals surface area contributed by atoms with Crippen LogP contribution in [0.1, 0.15) is 27.7 Å². The number of carbonyl (C=O) groups excluding carboxylic acids is 4. The number of hydrogen-bond donors (Lipinski definition) is 4. The minimum absolute atomic E-state index is 0.464. The predicted molar refractivity (Wildman–Crippen MR) is 72.2 cm³/mol. The van der Waals surface area contributed by atoms with Crippen molar-refractivity contribution in [2.24, 2.45) is 5.73 Å². The van der Waals surface area contributed by atoms with E-state index in [-0.39, 0.29) is 0 Å². The molecular weight excluding hydrogens is 264 g/mol. The van der Waals surface area contributed by atoms with Gasteiger partial charge < -0.3 is 21.7 Å². The maximum atomic E-state index is 11.7. The molecule has 0 spiro atoms. The Morgan fingerprint density at radius 2 is 1.25 bits per heavy atom. The van der Waals surface area contributed by atoms with Crippen molar-refractivity contribution < 1.29 is 19.2 Å². The topological polar surface area (TPSA) is 130 Å². The summed E-state index contributed by atoms with van der Waals surface area (Å²) in [5.41, 5.74) is 5.36. The van der Waals surface area contributed by atoms with Gasteiger partial charge in [0.2, 0.25) is 24.0 Å². The van der Waals surface area contributed by atoms with E-state index in [1.54, 1.807) is 6.29 Å². The Hall–Kier alpha value is -1.96. The largest absolute Gasteiger partial charge is 0.344 e. The molecule has 3 amide bonds. The van der Waals surface area contributed by atoms with Crippen LogP contribution in [0.4, 0.5) is 0 Å². The van der Waals surface area contributed by atoms with Gasteiger partial charge in [0.1, 0.15) is 12.1 Å². The van der Waals surface area contributed by atoms with Crippen molar-refractivity contribution in [3.05, 3.63) is 0 Å². The molecule has 8 heteroatoms. The Morgan fingerprint density at radius 1 is 0.850 bits per heavy atom. The van der Waals surface area contributed by atoms with E-state index in [4.69, 9.17) is 5.73 Å². The lowest BCUT2D eigenvalue weighted by molar-refractivity contribution is -0.131. The fraction of sp³-hybridized carbons (Fsp3) is 0.667. The molecule has 0 saturated carbocycles. The van der Waals surface area contributed by atoms with Crippen LogP contribution in [0, 0.1) is 0 Å². The molecule has 0 aromatic carbocycles. The summed E-state index contributed by atoms with van der Waals surface area (Å²) in [6.07, 6.45) is 1.60. The standard InChI is InChI=1S/C12H21N4O4/c1-6(5-17)14-11(19)8(3)16-12(20)9(4)15-10(18)7(2)13/h6-9H,13H2,1-4H3,(H,14,19)(H,15,18)(H,16,20). The van der Waals surface area contributed by atoms with Crippen molar-refractivity contribution in [1.82, 2.24) is 16.0 Å². The summed E-state index contributed by atoms with van der Waals surface area (Å²) < 4.78 is 0. The molecule has 4 unspecified atom stereocenters. The zero-order chi connectivity index (χ0) is 15.9. The summed E-state index contributed by atoms with van der Waals surface area (Å²) in [6.45, 7) is 5.89. The van der Waals surface area contributed by atoms with Gasteiger partial charge in [-0.25, -0.2) is 0 Å². The third kappa shape index (κ3) is 6.28. The van der Waals surface area contributed by atoms with Crippen LogP contribution < -0.4 is 21.7 Å². The lowest BCUT2D eigenvalue weighted by Gasteiger charge is -2.19. The van der Waals surface area contributed by atoms with Crippen LogP contribution in [0.25, 0.3) is 0 Å². The summed E-state index contributed by atoms with van der Waals surface area (Å²) in [4.78, 5) is 45.0. The highest BCUT2D eigenvalue weighted by Crippen LogP contribution is 1.90. The van der Waals surface area contributed by atoms with Crippen LogP contribution in [0.3, 0.4) is 0 Å². The average molecular weight is 285 g/mol. The van der Waals surface area contributed by atoms with E-state index >= 15 is 0 Å². The highest BCUT2D eigenvalue weighted by Gasteiger charge is 2.22. The molecule has 8 nitrogen and oxygen atoms in total. The van der Waals surface area contributed by atoms with Crippen molar-refractivity contribution in [2.75, 3.05) is 0 Å². The molecule has 0 heterocycles. The van der Waals surface area contributed by atoms with Crippen molar-refractivity contribution in [1.29, 1.82) is 0 Å². The van der Waals surface area contributed by atoms with Crippen LogP contribution in [0.15, 0.2) is 0 Å². The minimum Gasteiger partial charge on any atom is -0.344 e. The lowest BCUT2D eigenvalue weighted by Crippen LogP contribution is -2.54. The highest BCUT2D eigenvalue weighted by molar-refractivity contribution is 5.93. The molecule has 5 N–H and O–H groups in total. The van der Waals surface area contributed by atoms with Gasteiger partial charge >= 0.3 is 0 Å². The number of amides is 3. The van der Waals surface area contributed by atoms with Crippen LogP contribution in [-0.4, -0.2) is 48.2 Å². The summed E-state index contributed by atoms with van der Waals surface area (Å²) >= 11 is 0.